The van der Waals surface area contributed by atoms with E-state index in [1.165, 1.54) is 32.1 Å². The molecular weight excluding hydrogens is 356 g/mol. The SMILES string of the molecule is Clc1nccc(Oc2ccc3nc(NCC4CCCCC4)sc3c2)n1. The Morgan fingerprint density at radius 2 is 2.04 bits per heavy atom. The fraction of sp³-hybridized carbons (Fsp3) is 0.389. The van der Waals surface area contributed by atoms with Crippen molar-refractivity contribution in [1.82, 2.24) is 15.0 Å². The first-order valence-electron chi connectivity index (χ1n) is 8.57. The Hall–Kier alpha value is -1.92. The number of benzene rings is 1. The van der Waals surface area contributed by atoms with Crippen molar-refractivity contribution < 1.29 is 4.74 Å². The van der Waals surface area contributed by atoms with Gasteiger partial charge in [0.15, 0.2) is 5.13 Å². The summed E-state index contributed by atoms with van der Waals surface area (Å²) in [5.74, 6) is 1.92. The number of rotatable bonds is 5. The quantitative estimate of drug-likeness (QED) is 0.595. The maximum Gasteiger partial charge on any atom is 0.225 e. The zero-order chi connectivity index (χ0) is 17.1. The van der Waals surface area contributed by atoms with Crippen LogP contribution in [-0.4, -0.2) is 21.5 Å². The number of nitrogens with one attached hydrogen (secondary N) is 1. The molecule has 4 rings (SSSR count). The number of ether oxygens (including phenoxy) is 1. The van der Waals surface area contributed by atoms with E-state index in [0.29, 0.717) is 11.6 Å². The molecule has 1 saturated carbocycles. The van der Waals surface area contributed by atoms with Gasteiger partial charge < -0.3 is 10.1 Å². The molecule has 1 aromatic carbocycles. The van der Waals surface area contributed by atoms with Crippen LogP contribution in [0.3, 0.4) is 0 Å². The molecule has 0 radical (unpaired) electrons. The number of hydrogen-bond donors (Lipinski definition) is 1. The zero-order valence-corrected chi connectivity index (χ0v) is 15.3. The topological polar surface area (TPSA) is 59.9 Å². The molecule has 0 unspecified atom stereocenters. The van der Waals surface area contributed by atoms with Crippen molar-refractivity contribution in [3.63, 3.8) is 0 Å². The van der Waals surface area contributed by atoms with Gasteiger partial charge in [0.25, 0.3) is 0 Å². The fourth-order valence-corrected chi connectivity index (χ4v) is 4.20. The van der Waals surface area contributed by atoms with E-state index in [0.717, 1.165) is 27.8 Å². The number of anilines is 1. The minimum atomic E-state index is 0.172. The lowest BCUT2D eigenvalue weighted by Gasteiger charge is -2.21. The first-order valence-corrected chi connectivity index (χ1v) is 9.76. The van der Waals surface area contributed by atoms with E-state index in [4.69, 9.17) is 16.3 Å². The fourth-order valence-electron chi connectivity index (χ4n) is 3.16. The summed E-state index contributed by atoms with van der Waals surface area (Å²) in [5, 5.41) is 4.66. The van der Waals surface area contributed by atoms with Gasteiger partial charge >= 0.3 is 0 Å². The number of fused-ring (bicyclic) bond motifs is 1. The normalized spacial score (nSPS) is 15.4. The Morgan fingerprint density at radius 1 is 1.16 bits per heavy atom. The second-order valence-electron chi connectivity index (χ2n) is 6.30. The molecule has 1 aliphatic rings. The molecule has 1 N–H and O–H groups in total. The zero-order valence-electron chi connectivity index (χ0n) is 13.7. The molecule has 2 aromatic heterocycles. The van der Waals surface area contributed by atoms with Gasteiger partial charge in [-0.3, -0.25) is 0 Å². The highest BCUT2D eigenvalue weighted by Gasteiger charge is 2.14. The maximum absolute atomic E-state index is 5.79. The van der Waals surface area contributed by atoms with E-state index in [-0.39, 0.29) is 5.28 Å². The van der Waals surface area contributed by atoms with Gasteiger partial charge in [0.1, 0.15) is 5.75 Å². The smallest absolute Gasteiger partial charge is 0.225 e. The van der Waals surface area contributed by atoms with E-state index in [1.807, 2.05) is 18.2 Å². The Morgan fingerprint density at radius 3 is 2.88 bits per heavy atom. The third-order valence-electron chi connectivity index (χ3n) is 4.45. The van der Waals surface area contributed by atoms with E-state index < -0.39 is 0 Å². The molecule has 1 aliphatic carbocycles. The van der Waals surface area contributed by atoms with Crippen molar-refractivity contribution in [2.75, 3.05) is 11.9 Å². The lowest BCUT2D eigenvalue weighted by Crippen LogP contribution is -2.16. The molecule has 0 atom stereocenters. The van der Waals surface area contributed by atoms with Crippen molar-refractivity contribution in [2.45, 2.75) is 32.1 Å². The minimum Gasteiger partial charge on any atom is -0.439 e. The Bertz CT molecular complexity index is 863. The van der Waals surface area contributed by atoms with Crippen LogP contribution >= 0.6 is 22.9 Å². The molecule has 0 amide bonds. The molecule has 1 fully saturated rings. The lowest BCUT2D eigenvalue weighted by atomic mass is 9.89. The average Bonchev–Trinajstić information content (AvgIpc) is 3.03. The van der Waals surface area contributed by atoms with Gasteiger partial charge in [0.05, 0.1) is 10.2 Å². The second-order valence-corrected chi connectivity index (χ2v) is 7.67. The van der Waals surface area contributed by atoms with Gasteiger partial charge in [-0.1, -0.05) is 30.6 Å². The summed E-state index contributed by atoms with van der Waals surface area (Å²) in [6.45, 7) is 1.02. The highest BCUT2D eigenvalue weighted by molar-refractivity contribution is 7.22. The van der Waals surface area contributed by atoms with Gasteiger partial charge in [0, 0.05) is 24.9 Å². The van der Waals surface area contributed by atoms with Gasteiger partial charge in [-0.15, -0.1) is 0 Å². The van der Waals surface area contributed by atoms with E-state index >= 15 is 0 Å². The number of thiazole rings is 1. The molecule has 130 valence electrons. The Balaban J connectivity index is 1.45. The van der Waals surface area contributed by atoms with Crippen LogP contribution in [0, 0.1) is 5.92 Å². The van der Waals surface area contributed by atoms with Crippen molar-refractivity contribution >= 4 is 38.3 Å². The van der Waals surface area contributed by atoms with Crippen LogP contribution in [0.2, 0.25) is 5.28 Å². The molecule has 25 heavy (non-hydrogen) atoms. The van der Waals surface area contributed by atoms with Gasteiger partial charge in [-0.25, -0.2) is 9.97 Å². The largest absolute Gasteiger partial charge is 0.439 e. The van der Waals surface area contributed by atoms with Crippen molar-refractivity contribution in [3.05, 3.63) is 35.7 Å². The van der Waals surface area contributed by atoms with E-state index in [9.17, 15) is 0 Å². The molecule has 0 spiro atoms. The summed E-state index contributed by atoms with van der Waals surface area (Å²) in [5.41, 5.74) is 0.976. The minimum absolute atomic E-state index is 0.172. The van der Waals surface area contributed by atoms with Crippen LogP contribution in [0.4, 0.5) is 5.13 Å². The van der Waals surface area contributed by atoms with Crippen LogP contribution in [-0.2, 0) is 0 Å². The number of halogens is 1. The first kappa shape index (κ1) is 16.5. The molecule has 0 saturated heterocycles. The molecule has 2 heterocycles. The van der Waals surface area contributed by atoms with Crippen LogP contribution < -0.4 is 10.1 Å². The Kier molecular flexibility index (Phi) is 4.99. The number of aromatic nitrogens is 3. The van der Waals surface area contributed by atoms with Crippen LogP contribution in [0.25, 0.3) is 10.2 Å². The number of nitrogens with zero attached hydrogens (tertiary/aromatic N) is 3. The average molecular weight is 375 g/mol. The predicted molar refractivity (Wildman–Crippen MR) is 102 cm³/mol. The molecule has 5 nitrogen and oxygen atoms in total. The summed E-state index contributed by atoms with van der Waals surface area (Å²) in [6, 6.07) is 7.52. The molecule has 3 aromatic rings. The third-order valence-corrected chi connectivity index (χ3v) is 5.61. The summed E-state index contributed by atoms with van der Waals surface area (Å²) < 4.78 is 6.84. The molecule has 7 heteroatoms. The summed E-state index contributed by atoms with van der Waals surface area (Å²) in [7, 11) is 0. The van der Waals surface area contributed by atoms with Gasteiger partial charge in [0.2, 0.25) is 11.2 Å². The van der Waals surface area contributed by atoms with Gasteiger partial charge in [-0.2, -0.15) is 4.98 Å². The number of hydrogen-bond acceptors (Lipinski definition) is 6. The van der Waals surface area contributed by atoms with Crippen molar-refractivity contribution in [3.8, 4) is 11.6 Å². The molecule has 0 bridgehead atoms. The first-order chi connectivity index (χ1) is 12.3. The predicted octanol–water partition coefficient (Wildman–Crippen LogP) is 5.52. The lowest BCUT2D eigenvalue weighted by molar-refractivity contribution is 0.373. The standard InChI is InChI=1S/C18H19ClN4OS/c19-17-20-9-8-16(23-17)24-13-6-7-14-15(10-13)25-18(22-14)21-11-12-4-2-1-3-5-12/h6-10,12H,1-5,11H2,(H,21,22). The monoisotopic (exact) mass is 374 g/mol. The van der Waals surface area contributed by atoms with Crippen LogP contribution in [0.5, 0.6) is 11.6 Å². The van der Waals surface area contributed by atoms with Crippen molar-refractivity contribution in [2.24, 2.45) is 5.92 Å². The van der Waals surface area contributed by atoms with E-state index in [2.05, 4.69) is 20.3 Å². The van der Waals surface area contributed by atoms with Gasteiger partial charge in [-0.05, 0) is 42.5 Å². The highest BCUT2D eigenvalue weighted by Crippen LogP contribution is 2.32. The molecule has 0 aliphatic heterocycles. The maximum atomic E-state index is 5.79. The van der Waals surface area contributed by atoms with Crippen molar-refractivity contribution in [1.29, 1.82) is 0 Å². The summed E-state index contributed by atoms with van der Waals surface area (Å²) in [6.07, 6.45) is 8.34. The Labute approximate surface area is 155 Å². The highest BCUT2D eigenvalue weighted by atomic mass is 35.5. The summed E-state index contributed by atoms with van der Waals surface area (Å²) >= 11 is 7.44. The van der Waals surface area contributed by atoms with E-state index in [1.54, 1.807) is 23.6 Å². The van der Waals surface area contributed by atoms with Crippen LogP contribution in [0.1, 0.15) is 32.1 Å². The second kappa shape index (κ2) is 7.54. The van der Waals surface area contributed by atoms with Crippen LogP contribution in [0.15, 0.2) is 30.5 Å². The third kappa shape index (κ3) is 4.19. The molecular formula is C18H19ClN4OS. The summed E-state index contributed by atoms with van der Waals surface area (Å²) in [4.78, 5) is 12.6.